The Morgan fingerprint density at radius 2 is 2.33 bits per heavy atom. The summed E-state index contributed by atoms with van der Waals surface area (Å²) >= 11 is 0. The topological polar surface area (TPSA) is 46.9 Å². The van der Waals surface area contributed by atoms with E-state index in [4.69, 9.17) is 0 Å². The van der Waals surface area contributed by atoms with Gasteiger partial charge in [0.25, 0.3) is 5.91 Å². The Kier molecular flexibility index (Phi) is 3.72. The lowest BCUT2D eigenvalue weighted by Crippen LogP contribution is -2.28. The number of aryl methyl sites for hydroxylation is 1. The first-order chi connectivity index (χ1) is 8.66. The molecule has 1 aromatic heterocycles. The van der Waals surface area contributed by atoms with Gasteiger partial charge in [-0.2, -0.15) is 5.10 Å². The summed E-state index contributed by atoms with van der Waals surface area (Å²) in [5, 5.41) is 6.66. The van der Waals surface area contributed by atoms with Crippen LogP contribution in [0.15, 0.2) is 36.7 Å². The Balaban J connectivity index is 1.91. The highest BCUT2D eigenvalue weighted by atomic mass is 19.1. The van der Waals surface area contributed by atoms with E-state index < -0.39 is 11.7 Å². The molecule has 18 heavy (non-hydrogen) atoms. The Morgan fingerprint density at radius 3 is 3.00 bits per heavy atom. The second-order valence-electron chi connectivity index (χ2n) is 4.01. The number of hydrogen-bond acceptors (Lipinski definition) is 2. The van der Waals surface area contributed by atoms with E-state index in [1.807, 2.05) is 6.07 Å². The number of carbonyl (C=O) groups is 1. The highest BCUT2D eigenvalue weighted by molar-refractivity contribution is 5.94. The van der Waals surface area contributed by atoms with Gasteiger partial charge in [0.1, 0.15) is 5.82 Å². The fraction of sp³-hybridized carbons (Fsp3) is 0.231. The summed E-state index contributed by atoms with van der Waals surface area (Å²) < 4.78 is 15.2. The van der Waals surface area contributed by atoms with E-state index in [2.05, 4.69) is 10.4 Å². The maximum atomic E-state index is 13.5. The third-order valence-corrected chi connectivity index (χ3v) is 2.55. The second-order valence-corrected chi connectivity index (χ2v) is 4.01. The van der Waals surface area contributed by atoms with Gasteiger partial charge in [-0.15, -0.1) is 0 Å². The van der Waals surface area contributed by atoms with Crippen LogP contribution in [0, 0.1) is 12.7 Å². The average Bonchev–Trinajstić information content (AvgIpc) is 2.81. The van der Waals surface area contributed by atoms with Crippen molar-refractivity contribution in [3.63, 3.8) is 0 Å². The van der Waals surface area contributed by atoms with E-state index in [0.717, 1.165) is 5.56 Å². The number of hydrogen-bond donors (Lipinski definition) is 1. The third-order valence-electron chi connectivity index (χ3n) is 2.55. The normalized spacial score (nSPS) is 10.3. The highest BCUT2D eigenvalue weighted by Crippen LogP contribution is 2.09. The van der Waals surface area contributed by atoms with Gasteiger partial charge in [-0.05, 0) is 30.7 Å². The van der Waals surface area contributed by atoms with Gasteiger partial charge in [0.2, 0.25) is 0 Å². The molecule has 4 nitrogen and oxygen atoms in total. The molecule has 0 atom stereocenters. The summed E-state index contributed by atoms with van der Waals surface area (Å²) in [5.41, 5.74) is 0.863. The van der Waals surface area contributed by atoms with Gasteiger partial charge >= 0.3 is 0 Å². The van der Waals surface area contributed by atoms with Crippen molar-refractivity contribution in [2.45, 2.75) is 13.5 Å². The average molecular weight is 247 g/mol. The zero-order valence-electron chi connectivity index (χ0n) is 10.1. The van der Waals surface area contributed by atoms with Crippen molar-refractivity contribution >= 4 is 5.91 Å². The Labute approximate surface area is 104 Å². The molecule has 0 unspecified atom stereocenters. The fourth-order valence-electron chi connectivity index (χ4n) is 1.62. The SMILES string of the molecule is Cc1ccc(C(=O)NCCn2cccn2)c(F)c1. The van der Waals surface area contributed by atoms with Crippen LogP contribution < -0.4 is 5.32 Å². The molecule has 2 rings (SSSR count). The molecule has 0 radical (unpaired) electrons. The zero-order valence-corrected chi connectivity index (χ0v) is 10.1. The van der Waals surface area contributed by atoms with E-state index in [1.54, 1.807) is 30.1 Å². The van der Waals surface area contributed by atoms with Crippen LogP contribution in [0.3, 0.4) is 0 Å². The molecule has 5 heteroatoms. The molecular weight excluding hydrogens is 233 g/mol. The van der Waals surface area contributed by atoms with Crippen LogP contribution in [0.2, 0.25) is 0 Å². The van der Waals surface area contributed by atoms with Crippen molar-refractivity contribution in [2.75, 3.05) is 6.54 Å². The molecule has 0 aliphatic heterocycles. The number of aromatic nitrogens is 2. The molecule has 0 aliphatic carbocycles. The van der Waals surface area contributed by atoms with E-state index in [1.165, 1.54) is 12.1 Å². The smallest absolute Gasteiger partial charge is 0.254 e. The molecule has 0 saturated heterocycles. The van der Waals surface area contributed by atoms with Crippen molar-refractivity contribution in [1.82, 2.24) is 15.1 Å². The van der Waals surface area contributed by atoms with Crippen LogP contribution >= 0.6 is 0 Å². The molecule has 0 aliphatic rings. The van der Waals surface area contributed by atoms with Gasteiger partial charge in [0.05, 0.1) is 12.1 Å². The van der Waals surface area contributed by atoms with Gasteiger partial charge in [-0.1, -0.05) is 6.07 Å². The molecular formula is C13H14FN3O. The minimum Gasteiger partial charge on any atom is -0.350 e. The maximum Gasteiger partial charge on any atom is 0.254 e. The van der Waals surface area contributed by atoms with E-state index >= 15 is 0 Å². The first kappa shape index (κ1) is 12.3. The second kappa shape index (κ2) is 5.44. The predicted molar refractivity (Wildman–Crippen MR) is 65.7 cm³/mol. The van der Waals surface area contributed by atoms with Crippen LogP contribution in [0.1, 0.15) is 15.9 Å². The minimum absolute atomic E-state index is 0.0704. The monoisotopic (exact) mass is 247 g/mol. The summed E-state index contributed by atoms with van der Waals surface area (Å²) in [6.07, 6.45) is 3.47. The predicted octanol–water partition coefficient (Wildman–Crippen LogP) is 1.76. The van der Waals surface area contributed by atoms with Crippen molar-refractivity contribution < 1.29 is 9.18 Å². The molecule has 0 bridgehead atoms. The van der Waals surface area contributed by atoms with Crippen LogP contribution in [-0.2, 0) is 6.54 Å². The Morgan fingerprint density at radius 1 is 1.50 bits per heavy atom. The van der Waals surface area contributed by atoms with Crippen LogP contribution in [0.25, 0.3) is 0 Å². The number of rotatable bonds is 4. The summed E-state index contributed by atoms with van der Waals surface area (Å²) in [6, 6.07) is 6.36. The van der Waals surface area contributed by atoms with Crippen LogP contribution in [0.4, 0.5) is 4.39 Å². The first-order valence-electron chi connectivity index (χ1n) is 5.68. The number of nitrogens with one attached hydrogen (secondary N) is 1. The summed E-state index contributed by atoms with van der Waals surface area (Å²) in [7, 11) is 0. The number of halogens is 1. The number of amides is 1. The van der Waals surface area contributed by atoms with Crippen LogP contribution in [-0.4, -0.2) is 22.2 Å². The van der Waals surface area contributed by atoms with Crippen molar-refractivity contribution in [3.8, 4) is 0 Å². The van der Waals surface area contributed by atoms with Gasteiger partial charge in [0.15, 0.2) is 0 Å². The van der Waals surface area contributed by atoms with E-state index in [9.17, 15) is 9.18 Å². The minimum atomic E-state index is -0.494. The molecule has 1 aromatic carbocycles. The third kappa shape index (κ3) is 2.94. The number of nitrogens with zero attached hydrogens (tertiary/aromatic N) is 2. The summed E-state index contributed by atoms with van der Waals surface area (Å²) in [6.45, 7) is 2.75. The molecule has 1 heterocycles. The van der Waals surface area contributed by atoms with Gasteiger partial charge < -0.3 is 5.32 Å². The molecule has 0 fully saturated rings. The first-order valence-corrected chi connectivity index (χ1v) is 5.68. The fourth-order valence-corrected chi connectivity index (χ4v) is 1.62. The molecule has 2 aromatic rings. The largest absolute Gasteiger partial charge is 0.350 e. The standard InChI is InChI=1S/C13H14FN3O/c1-10-3-4-11(12(14)9-10)13(18)15-6-8-17-7-2-5-16-17/h2-5,7,9H,6,8H2,1H3,(H,15,18). The maximum absolute atomic E-state index is 13.5. The molecule has 0 spiro atoms. The number of benzene rings is 1. The van der Waals surface area contributed by atoms with Crippen molar-refractivity contribution in [2.24, 2.45) is 0 Å². The number of carbonyl (C=O) groups excluding carboxylic acids is 1. The molecule has 0 saturated carbocycles. The highest BCUT2D eigenvalue weighted by Gasteiger charge is 2.10. The van der Waals surface area contributed by atoms with Gasteiger partial charge in [0, 0.05) is 18.9 Å². The lowest BCUT2D eigenvalue weighted by Gasteiger charge is -2.06. The van der Waals surface area contributed by atoms with Gasteiger partial charge in [-0.25, -0.2) is 4.39 Å². The molecule has 1 N–H and O–H groups in total. The van der Waals surface area contributed by atoms with Crippen molar-refractivity contribution in [3.05, 3.63) is 53.6 Å². The molecule has 1 amide bonds. The lowest BCUT2D eigenvalue weighted by molar-refractivity contribution is 0.0948. The summed E-state index contributed by atoms with van der Waals surface area (Å²) in [4.78, 5) is 11.7. The zero-order chi connectivity index (χ0) is 13.0. The van der Waals surface area contributed by atoms with E-state index in [-0.39, 0.29) is 5.56 Å². The van der Waals surface area contributed by atoms with Gasteiger partial charge in [-0.3, -0.25) is 9.48 Å². The lowest BCUT2D eigenvalue weighted by atomic mass is 10.1. The van der Waals surface area contributed by atoms with Crippen molar-refractivity contribution in [1.29, 1.82) is 0 Å². The quantitative estimate of drug-likeness (QED) is 0.894. The summed E-state index contributed by atoms with van der Waals surface area (Å²) in [5.74, 6) is -0.897. The Bertz CT molecular complexity index is 537. The van der Waals surface area contributed by atoms with E-state index in [0.29, 0.717) is 13.1 Å². The molecule has 94 valence electrons. The Hall–Kier alpha value is -2.17. The van der Waals surface area contributed by atoms with Crippen LogP contribution in [0.5, 0.6) is 0 Å².